The second-order valence-corrected chi connectivity index (χ2v) is 7.12. The number of ketones is 1. The standard InChI is InChI=1S/C23H23NO9/c1-12(25)21(23(28)29)24-20(26)11-32-15-6-7-16-18(10-15)33-19(22(16)27)8-13-4-5-14(30-2)9-17(13)31-3/h4-10,12,21,25H,11H2,1-3H3,(H,24,26)(H,28,29)/b19-8-/t12-,21+/m1/s1. The molecule has 1 aliphatic heterocycles. The smallest absolute Gasteiger partial charge is 0.328 e. The van der Waals surface area contributed by atoms with Gasteiger partial charge in [0, 0.05) is 17.7 Å². The van der Waals surface area contributed by atoms with Gasteiger partial charge in [0.05, 0.1) is 25.9 Å². The zero-order valence-corrected chi connectivity index (χ0v) is 18.2. The molecule has 0 radical (unpaired) electrons. The van der Waals surface area contributed by atoms with E-state index in [1.165, 1.54) is 39.3 Å². The maximum Gasteiger partial charge on any atom is 0.328 e. The number of carboxylic acids is 1. The summed E-state index contributed by atoms with van der Waals surface area (Å²) < 4.78 is 21.6. The van der Waals surface area contributed by atoms with Gasteiger partial charge in [0.2, 0.25) is 5.78 Å². The summed E-state index contributed by atoms with van der Waals surface area (Å²) >= 11 is 0. The minimum atomic E-state index is -1.45. The summed E-state index contributed by atoms with van der Waals surface area (Å²) in [5, 5.41) is 20.6. The van der Waals surface area contributed by atoms with Gasteiger partial charge in [-0.25, -0.2) is 4.79 Å². The van der Waals surface area contributed by atoms with E-state index < -0.39 is 30.6 Å². The fourth-order valence-electron chi connectivity index (χ4n) is 3.09. The number of carboxylic acid groups (broad SMARTS) is 1. The van der Waals surface area contributed by atoms with Crippen LogP contribution in [0.25, 0.3) is 6.08 Å². The van der Waals surface area contributed by atoms with E-state index in [2.05, 4.69) is 5.32 Å². The lowest BCUT2D eigenvalue weighted by Gasteiger charge is -2.17. The first kappa shape index (κ1) is 23.6. The molecule has 10 heteroatoms. The summed E-state index contributed by atoms with van der Waals surface area (Å²) in [6.45, 7) is 0.760. The SMILES string of the molecule is COc1ccc(/C=C2\Oc3cc(OCC(=O)N[C@H](C(=O)O)[C@@H](C)O)ccc3C2=O)c(OC)c1. The van der Waals surface area contributed by atoms with Gasteiger partial charge in [0.1, 0.15) is 23.0 Å². The largest absolute Gasteiger partial charge is 0.497 e. The molecule has 2 aromatic rings. The number of hydrogen-bond donors (Lipinski definition) is 3. The van der Waals surface area contributed by atoms with E-state index in [0.717, 1.165) is 0 Å². The van der Waals surface area contributed by atoms with Crippen molar-refractivity contribution in [1.82, 2.24) is 5.32 Å². The van der Waals surface area contributed by atoms with Gasteiger partial charge in [-0.15, -0.1) is 0 Å². The number of aliphatic carboxylic acids is 1. The predicted octanol–water partition coefficient (Wildman–Crippen LogP) is 1.65. The summed E-state index contributed by atoms with van der Waals surface area (Å²) in [4.78, 5) is 35.7. The van der Waals surface area contributed by atoms with Gasteiger partial charge in [-0.3, -0.25) is 9.59 Å². The van der Waals surface area contributed by atoms with Crippen molar-refractivity contribution in [2.24, 2.45) is 0 Å². The van der Waals surface area contributed by atoms with Crippen LogP contribution in [0.5, 0.6) is 23.0 Å². The number of carbonyl (C=O) groups is 3. The number of nitrogens with one attached hydrogen (secondary N) is 1. The second kappa shape index (κ2) is 10.0. The summed E-state index contributed by atoms with van der Waals surface area (Å²) in [6.07, 6.45) is 0.275. The average molecular weight is 457 g/mol. The molecule has 0 spiro atoms. The molecule has 0 fully saturated rings. The topological polar surface area (TPSA) is 141 Å². The highest BCUT2D eigenvalue weighted by Crippen LogP contribution is 2.36. The van der Waals surface area contributed by atoms with E-state index in [0.29, 0.717) is 22.6 Å². The van der Waals surface area contributed by atoms with Crippen LogP contribution in [0, 0.1) is 0 Å². The van der Waals surface area contributed by atoms with Crippen molar-refractivity contribution >= 4 is 23.7 Å². The first-order valence-corrected chi connectivity index (χ1v) is 9.86. The lowest BCUT2D eigenvalue weighted by molar-refractivity contribution is -0.145. The number of aliphatic hydroxyl groups is 1. The lowest BCUT2D eigenvalue weighted by Crippen LogP contribution is -2.49. The molecular weight excluding hydrogens is 434 g/mol. The number of methoxy groups -OCH3 is 2. The first-order chi connectivity index (χ1) is 15.7. The highest BCUT2D eigenvalue weighted by molar-refractivity contribution is 6.14. The molecule has 2 aromatic carbocycles. The number of hydrogen-bond acceptors (Lipinski definition) is 8. The van der Waals surface area contributed by atoms with Gasteiger partial charge in [-0.2, -0.15) is 0 Å². The second-order valence-electron chi connectivity index (χ2n) is 7.12. The van der Waals surface area contributed by atoms with Crippen LogP contribution in [0.4, 0.5) is 0 Å². The van der Waals surface area contributed by atoms with Crippen LogP contribution in [-0.4, -0.2) is 60.8 Å². The van der Waals surface area contributed by atoms with Gasteiger partial charge < -0.3 is 34.5 Å². The third kappa shape index (κ3) is 5.42. The third-order valence-corrected chi connectivity index (χ3v) is 4.80. The Balaban J connectivity index is 1.70. The maximum absolute atomic E-state index is 12.7. The van der Waals surface area contributed by atoms with Crippen molar-refractivity contribution < 1.29 is 43.5 Å². The van der Waals surface area contributed by atoms with E-state index in [-0.39, 0.29) is 23.0 Å². The lowest BCUT2D eigenvalue weighted by atomic mass is 10.1. The van der Waals surface area contributed by atoms with Crippen LogP contribution < -0.4 is 24.3 Å². The van der Waals surface area contributed by atoms with Crippen LogP contribution in [0.1, 0.15) is 22.8 Å². The fourth-order valence-corrected chi connectivity index (χ4v) is 3.09. The number of amides is 1. The van der Waals surface area contributed by atoms with E-state index in [9.17, 15) is 19.5 Å². The Bertz CT molecular complexity index is 1110. The number of benzene rings is 2. The van der Waals surface area contributed by atoms with Crippen molar-refractivity contribution in [1.29, 1.82) is 0 Å². The predicted molar refractivity (Wildman–Crippen MR) is 116 cm³/mol. The molecule has 0 aromatic heterocycles. The molecule has 3 N–H and O–H groups in total. The fraction of sp³-hybridized carbons (Fsp3) is 0.261. The van der Waals surface area contributed by atoms with Crippen molar-refractivity contribution in [2.45, 2.75) is 19.1 Å². The molecule has 0 saturated heterocycles. The Morgan fingerprint density at radius 1 is 1.12 bits per heavy atom. The Morgan fingerprint density at radius 2 is 1.85 bits per heavy atom. The van der Waals surface area contributed by atoms with Crippen LogP contribution in [0.2, 0.25) is 0 Å². The Kier molecular flexibility index (Phi) is 7.19. The Hall–Kier alpha value is -4.05. The Morgan fingerprint density at radius 3 is 2.48 bits per heavy atom. The van der Waals surface area contributed by atoms with E-state index >= 15 is 0 Å². The molecule has 3 rings (SSSR count). The van der Waals surface area contributed by atoms with Gasteiger partial charge in [-0.05, 0) is 37.3 Å². The number of carbonyl (C=O) groups excluding carboxylic acids is 2. The number of ether oxygens (including phenoxy) is 4. The van der Waals surface area contributed by atoms with Crippen molar-refractivity contribution in [3.63, 3.8) is 0 Å². The van der Waals surface area contributed by atoms with Crippen molar-refractivity contribution in [2.75, 3.05) is 20.8 Å². The molecule has 0 bridgehead atoms. The maximum atomic E-state index is 12.7. The van der Waals surface area contributed by atoms with Crippen LogP contribution in [0.15, 0.2) is 42.2 Å². The van der Waals surface area contributed by atoms with E-state index in [4.69, 9.17) is 24.1 Å². The molecule has 0 unspecified atom stereocenters. The van der Waals surface area contributed by atoms with Gasteiger partial charge >= 0.3 is 5.97 Å². The highest BCUT2D eigenvalue weighted by atomic mass is 16.5. The summed E-state index contributed by atoms with van der Waals surface area (Å²) in [6, 6.07) is 8.14. The highest BCUT2D eigenvalue weighted by Gasteiger charge is 2.29. The number of aliphatic hydroxyl groups excluding tert-OH is 1. The summed E-state index contributed by atoms with van der Waals surface area (Å²) in [5.41, 5.74) is 0.944. The molecule has 0 aliphatic carbocycles. The van der Waals surface area contributed by atoms with Crippen LogP contribution >= 0.6 is 0 Å². The quantitative estimate of drug-likeness (QED) is 0.479. The molecule has 33 heavy (non-hydrogen) atoms. The third-order valence-electron chi connectivity index (χ3n) is 4.80. The number of rotatable bonds is 9. The molecule has 1 aliphatic rings. The number of allylic oxidation sites excluding steroid dienone is 1. The first-order valence-electron chi connectivity index (χ1n) is 9.86. The van der Waals surface area contributed by atoms with Gasteiger partial charge in [0.25, 0.3) is 5.91 Å². The molecule has 2 atom stereocenters. The zero-order chi connectivity index (χ0) is 24.1. The minimum Gasteiger partial charge on any atom is -0.497 e. The minimum absolute atomic E-state index is 0.0876. The van der Waals surface area contributed by atoms with E-state index in [1.54, 1.807) is 24.3 Å². The number of Topliss-reactive ketones (excluding diaryl/α,β-unsaturated/α-hetero) is 1. The average Bonchev–Trinajstić information content (AvgIpc) is 3.10. The molecule has 1 amide bonds. The summed E-state index contributed by atoms with van der Waals surface area (Å²) in [5.74, 6) is -0.736. The Labute approximate surface area is 189 Å². The molecular formula is C23H23NO9. The summed E-state index contributed by atoms with van der Waals surface area (Å²) in [7, 11) is 3.04. The van der Waals surface area contributed by atoms with Gasteiger partial charge in [-0.1, -0.05) is 0 Å². The molecule has 0 saturated carbocycles. The van der Waals surface area contributed by atoms with Crippen LogP contribution in [-0.2, 0) is 9.59 Å². The molecule has 174 valence electrons. The van der Waals surface area contributed by atoms with Gasteiger partial charge in [0.15, 0.2) is 18.4 Å². The van der Waals surface area contributed by atoms with Crippen molar-refractivity contribution in [3.05, 3.63) is 53.3 Å². The van der Waals surface area contributed by atoms with Crippen molar-refractivity contribution in [3.8, 4) is 23.0 Å². The number of fused-ring (bicyclic) bond motifs is 1. The van der Waals surface area contributed by atoms with E-state index in [1.807, 2.05) is 0 Å². The zero-order valence-electron chi connectivity index (χ0n) is 18.2. The molecule has 1 heterocycles. The monoisotopic (exact) mass is 457 g/mol. The molecule has 10 nitrogen and oxygen atoms in total. The van der Waals surface area contributed by atoms with Crippen LogP contribution in [0.3, 0.4) is 0 Å². The normalized spacial score (nSPS) is 15.3.